The Morgan fingerprint density at radius 1 is 1.14 bits per heavy atom. The van der Waals surface area contributed by atoms with Crippen LogP contribution in [0.25, 0.3) is 0 Å². The minimum Gasteiger partial charge on any atom is -0.340 e. The molecule has 0 bridgehead atoms. The summed E-state index contributed by atoms with van der Waals surface area (Å²) in [7, 11) is 0. The molecule has 1 aromatic carbocycles. The molecule has 0 unspecified atom stereocenters. The Morgan fingerprint density at radius 3 is 2.59 bits per heavy atom. The van der Waals surface area contributed by atoms with E-state index in [0.29, 0.717) is 0 Å². The number of rotatable bonds is 3. The fourth-order valence-electron chi connectivity index (χ4n) is 2.61. The predicted octanol–water partition coefficient (Wildman–Crippen LogP) is 3.15. The molecule has 2 heterocycles. The van der Waals surface area contributed by atoms with E-state index in [9.17, 15) is 4.79 Å². The Morgan fingerprint density at radius 2 is 1.86 bits per heavy atom. The quantitative estimate of drug-likeness (QED) is 0.914. The first-order chi connectivity index (χ1) is 10.6. The van der Waals surface area contributed by atoms with Crippen LogP contribution in [0, 0.1) is 0 Å². The summed E-state index contributed by atoms with van der Waals surface area (Å²) in [6, 6.07) is 9.61. The summed E-state index contributed by atoms with van der Waals surface area (Å²) < 4.78 is 0. The van der Waals surface area contributed by atoms with Crippen LogP contribution in [0.5, 0.6) is 0 Å². The zero-order valence-corrected chi connectivity index (χ0v) is 12.7. The molecule has 1 amide bonds. The first-order valence-electron chi connectivity index (χ1n) is 7.27. The van der Waals surface area contributed by atoms with Crippen molar-refractivity contribution in [1.82, 2.24) is 4.98 Å². The van der Waals surface area contributed by atoms with E-state index in [1.54, 1.807) is 0 Å². The van der Waals surface area contributed by atoms with Crippen LogP contribution in [0.1, 0.15) is 25.0 Å². The van der Waals surface area contributed by atoms with Gasteiger partial charge in [-0.2, -0.15) is 0 Å². The summed E-state index contributed by atoms with van der Waals surface area (Å²) in [5.74, 6) is 0.747. The van der Waals surface area contributed by atoms with E-state index in [-0.39, 0.29) is 5.91 Å². The molecule has 0 aliphatic carbocycles. The van der Waals surface area contributed by atoms with Crippen molar-refractivity contribution in [3.8, 4) is 0 Å². The van der Waals surface area contributed by atoms with E-state index in [1.165, 1.54) is 12.5 Å². The highest BCUT2D eigenvalue weighted by molar-refractivity contribution is 6.05. The Kier molecular flexibility index (Phi) is 3.87. The third kappa shape index (κ3) is 2.98. The number of carbonyl (C=O) groups excluding carboxylic acids is 1. The van der Waals surface area contributed by atoms with Crippen LogP contribution in [0.3, 0.4) is 0 Å². The molecule has 2 aromatic rings. The normalized spacial score (nSPS) is 13.1. The van der Waals surface area contributed by atoms with Gasteiger partial charge in [0, 0.05) is 42.3 Å². The van der Waals surface area contributed by atoms with Gasteiger partial charge >= 0.3 is 0 Å². The molecule has 5 nitrogen and oxygen atoms in total. The minimum absolute atomic E-state index is 0.0775. The van der Waals surface area contributed by atoms with Gasteiger partial charge < -0.3 is 10.6 Å². The monoisotopic (exact) mass is 294 g/mol. The number of carbonyl (C=O) groups is 1. The van der Waals surface area contributed by atoms with E-state index in [0.717, 1.165) is 41.4 Å². The van der Waals surface area contributed by atoms with Crippen molar-refractivity contribution >= 4 is 28.8 Å². The molecule has 3 rings (SSSR count). The molecular formula is C17H18N4O. The van der Waals surface area contributed by atoms with Gasteiger partial charge in [-0.1, -0.05) is 0 Å². The van der Waals surface area contributed by atoms with Gasteiger partial charge in [0.2, 0.25) is 5.91 Å². The smallest absolute Gasteiger partial charge is 0.221 e. The van der Waals surface area contributed by atoms with Crippen molar-refractivity contribution in [3.05, 3.63) is 47.7 Å². The first kappa shape index (κ1) is 14.3. The number of amides is 1. The van der Waals surface area contributed by atoms with Crippen LogP contribution >= 0.6 is 0 Å². The largest absolute Gasteiger partial charge is 0.340 e. The number of fused-ring (bicyclic) bond motifs is 1. The summed E-state index contributed by atoms with van der Waals surface area (Å²) >= 11 is 0. The number of pyridine rings is 1. The van der Waals surface area contributed by atoms with E-state index < -0.39 is 0 Å². The fraction of sp³-hybridized carbons (Fsp3) is 0.235. The van der Waals surface area contributed by atoms with E-state index in [1.807, 2.05) is 37.4 Å². The maximum atomic E-state index is 11.0. The van der Waals surface area contributed by atoms with Crippen molar-refractivity contribution in [3.63, 3.8) is 0 Å². The van der Waals surface area contributed by atoms with Crippen molar-refractivity contribution in [1.29, 1.82) is 0 Å². The summed E-state index contributed by atoms with van der Waals surface area (Å²) in [6.45, 7) is 4.35. The topological polar surface area (TPSA) is 66.4 Å². The molecule has 0 atom stereocenters. The molecule has 22 heavy (non-hydrogen) atoms. The third-order valence-electron chi connectivity index (χ3n) is 3.60. The summed E-state index contributed by atoms with van der Waals surface area (Å²) in [4.78, 5) is 20.0. The summed E-state index contributed by atoms with van der Waals surface area (Å²) in [5, 5.41) is 6.09. The average molecular weight is 294 g/mol. The van der Waals surface area contributed by atoms with Gasteiger partial charge in [0.05, 0.1) is 0 Å². The van der Waals surface area contributed by atoms with Gasteiger partial charge in [-0.15, -0.1) is 0 Å². The molecule has 1 aliphatic rings. The lowest BCUT2D eigenvalue weighted by atomic mass is 9.99. The molecule has 1 aliphatic heterocycles. The van der Waals surface area contributed by atoms with Gasteiger partial charge in [-0.25, -0.2) is 4.98 Å². The highest BCUT2D eigenvalue weighted by Crippen LogP contribution is 2.26. The molecule has 0 radical (unpaired) electrons. The molecule has 5 heteroatoms. The Balaban J connectivity index is 1.85. The van der Waals surface area contributed by atoms with Crippen LogP contribution in [-0.4, -0.2) is 23.1 Å². The third-order valence-corrected chi connectivity index (χ3v) is 3.60. The molecule has 0 saturated heterocycles. The lowest BCUT2D eigenvalue weighted by molar-refractivity contribution is -0.114. The second kappa shape index (κ2) is 5.97. The SMILES string of the molecule is CC(=O)Nc1ccc(Nc2nccc3c2C(C)=NCC3)cc1. The lowest BCUT2D eigenvalue weighted by Crippen LogP contribution is -2.13. The molecule has 0 saturated carbocycles. The van der Waals surface area contributed by atoms with Crippen molar-refractivity contribution in [2.24, 2.45) is 4.99 Å². The number of aliphatic imine (C=N–C) groups is 1. The number of benzene rings is 1. The molecule has 112 valence electrons. The first-order valence-corrected chi connectivity index (χ1v) is 7.27. The minimum atomic E-state index is -0.0775. The lowest BCUT2D eigenvalue weighted by Gasteiger charge is -2.18. The standard InChI is InChI=1S/C17H18N4O/c1-11-16-13(7-9-18-11)8-10-19-17(16)21-15-5-3-14(4-6-15)20-12(2)22/h3-6,8,10H,7,9H2,1-2H3,(H,19,21)(H,20,22). The van der Waals surface area contributed by atoms with Crippen LogP contribution in [0.15, 0.2) is 41.5 Å². The van der Waals surface area contributed by atoms with Crippen LogP contribution in [-0.2, 0) is 11.2 Å². The Labute approximate surface area is 129 Å². The Hall–Kier alpha value is -2.69. The molecule has 0 fully saturated rings. The number of anilines is 3. The van der Waals surface area contributed by atoms with Gasteiger partial charge in [0.1, 0.15) is 5.82 Å². The van der Waals surface area contributed by atoms with Gasteiger partial charge in [-0.05, 0) is 49.2 Å². The molecule has 1 aromatic heterocycles. The highest BCUT2D eigenvalue weighted by atomic mass is 16.1. The van der Waals surface area contributed by atoms with Gasteiger partial charge in [-0.3, -0.25) is 9.79 Å². The van der Waals surface area contributed by atoms with Gasteiger partial charge in [0.15, 0.2) is 0 Å². The summed E-state index contributed by atoms with van der Waals surface area (Å²) in [5.41, 5.74) is 5.10. The maximum Gasteiger partial charge on any atom is 0.221 e. The molecule has 2 N–H and O–H groups in total. The number of hydrogen-bond donors (Lipinski definition) is 2. The zero-order chi connectivity index (χ0) is 15.5. The molecule has 0 spiro atoms. The van der Waals surface area contributed by atoms with Gasteiger partial charge in [0.25, 0.3) is 0 Å². The van der Waals surface area contributed by atoms with Crippen LogP contribution < -0.4 is 10.6 Å². The fourth-order valence-corrected chi connectivity index (χ4v) is 2.61. The number of nitrogens with one attached hydrogen (secondary N) is 2. The second-order valence-electron chi connectivity index (χ2n) is 5.29. The van der Waals surface area contributed by atoms with Crippen molar-refractivity contribution in [2.45, 2.75) is 20.3 Å². The summed E-state index contributed by atoms with van der Waals surface area (Å²) in [6.07, 6.45) is 2.77. The van der Waals surface area contributed by atoms with Crippen LogP contribution in [0.4, 0.5) is 17.2 Å². The maximum absolute atomic E-state index is 11.0. The average Bonchev–Trinajstić information content (AvgIpc) is 2.49. The van der Waals surface area contributed by atoms with Crippen molar-refractivity contribution in [2.75, 3.05) is 17.2 Å². The molecular weight excluding hydrogens is 276 g/mol. The van der Waals surface area contributed by atoms with Crippen molar-refractivity contribution < 1.29 is 4.79 Å². The number of hydrogen-bond acceptors (Lipinski definition) is 4. The number of aromatic nitrogens is 1. The van der Waals surface area contributed by atoms with E-state index in [4.69, 9.17) is 0 Å². The second-order valence-corrected chi connectivity index (χ2v) is 5.29. The number of nitrogens with zero attached hydrogens (tertiary/aromatic N) is 2. The zero-order valence-electron chi connectivity index (χ0n) is 12.7. The Bertz CT molecular complexity index is 735. The highest BCUT2D eigenvalue weighted by Gasteiger charge is 2.16. The van der Waals surface area contributed by atoms with Crippen LogP contribution in [0.2, 0.25) is 0 Å². The van der Waals surface area contributed by atoms with E-state index >= 15 is 0 Å². The van der Waals surface area contributed by atoms with E-state index in [2.05, 4.69) is 26.7 Å². The predicted molar refractivity (Wildman–Crippen MR) is 89.0 cm³/mol.